The molecule has 134 valence electrons. The number of aromatic nitrogens is 1. The van der Waals surface area contributed by atoms with Gasteiger partial charge in [-0.1, -0.05) is 41.9 Å². The number of anilines is 1. The van der Waals surface area contributed by atoms with E-state index in [0.717, 1.165) is 30.6 Å². The molecule has 2 aliphatic rings. The molecule has 1 saturated heterocycles. The fraction of sp³-hybridized carbons (Fsp3) is 0.429. The first-order valence-electron chi connectivity index (χ1n) is 9.24. The highest BCUT2D eigenvalue weighted by Gasteiger charge is 2.37. The summed E-state index contributed by atoms with van der Waals surface area (Å²) in [6.45, 7) is 2.20. The van der Waals surface area contributed by atoms with Crippen molar-refractivity contribution in [3.05, 3.63) is 63.5 Å². The second-order valence-electron chi connectivity index (χ2n) is 7.46. The summed E-state index contributed by atoms with van der Waals surface area (Å²) in [5, 5.41) is 10.1. The first kappa shape index (κ1) is 17.2. The van der Waals surface area contributed by atoms with Crippen LogP contribution in [0.15, 0.2) is 47.4 Å². The average molecular weight is 368 g/mol. The molecular weight excluding hydrogens is 346 g/mol. The third-order valence-corrected chi connectivity index (χ3v) is 6.09. The van der Waals surface area contributed by atoms with E-state index in [1.54, 1.807) is 4.57 Å². The second-order valence-corrected chi connectivity index (χ2v) is 7.84. The van der Waals surface area contributed by atoms with E-state index in [0.29, 0.717) is 24.0 Å². The summed E-state index contributed by atoms with van der Waals surface area (Å²) in [5.74, 6) is 0.631. The quantitative estimate of drug-likeness (QED) is 0.821. The molecule has 0 atom stereocenters. The van der Waals surface area contributed by atoms with E-state index in [1.165, 1.54) is 12.8 Å². The van der Waals surface area contributed by atoms with Crippen LogP contribution in [0.2, 0.25) is 5.02 Å². The van der Waals surface area contributed by atoms with Crippen molar-refractivity contribution in [3.8, 4) is 6.07 Å². The van der Waals surface area contributed by atoms with Crippen molar-refractivity contribution in [1.82, 2.24) is 4.57 Å². The molecule has 1 aliphatic heterocycles. The molecule has 0 spiro atoms. The number of rotatable bonds is 4. The standard InChI is InChI=1S/C21H22ClN3O/c22-19-18(8-11-25(20(19)26)14-16-6-7-16)24-12-9-21(15-23,10-13-24)17-4-2-1-3-5-17/h1-5,8,11,16H,6-7,9-10,12-14H2. The van der Waals surface area contributed by atoms with Gasteiger partial charge in [-0.2, -0.15) is 5.26 Å². The predicted molar refractivity (Wildman–Crippen MR) is 104 cm³/mol. The van der Waals surface area contributed by atoms with Gasteiger partial charge in [0.1, 0.15) is 5.02 Å². The van der Waals surface area contributed by atoms with Gasteiger partial charge < -0.3 is 9.47 Å². The number of halogens is 1. The van der Waals surface area contributed by atoms with E-state index in [4.69, 9.17) is 11.6 Å². The Balaban J connectivity index is 1.54. The van der Waals surface area contributed by atoms with Crippen LogP contribution < -0.4 is 10.5 Å². The topological polar surface area (TPSA) is 49.0 Å². The van der Waals surface area contributed by atoms with E-state index in [-0.39, 0.29) is 5.56 Å². The minimum atomic E-state index is -0.453. The highest BCUT2D eigenvalue weighted by molar-refractivity contribution is 6.33. The number of hydrogen-bond donors (Lipinski definition) is 0. The lowest BCUT2D eigenvalue weighted by Crippen LogP contribution is -2.42. The van der Waals surface area contributed by atoms with Crippen LogP contribution >= 0.6 is 11.6 Å². The van der Waals surface area contributed by atoms with Gasteiger partial charge in [-0.05, 0) is 43.2 Å². The monoisotopic (exact) mass is 367 g/mol. The Morgan fingerprint density at radius 3 is 2.46 bits per heavy atom. The van der Waals surface area contributed by atoms with Crippen molar-refractivity contribution in [2.24, 2.45) is 5.92 Å². The smallest absolute Gasteiger partial charge is 0.271 e. The van der Waals surface area contributed by atoms with E-state index in [1.807, 2.05) is 42.6 Å². The zero-order valence-corrected chi connectivity index (χ0v) is 15.5. The minimum absolute atomic E-state index is 0.101. The molecule has 0 unspecified atom stereocenters. The molecule has 1 aliphatic carbocycles. The molecule has 1 aromatic carbocycles. The van der Waals surface area contributed by atoms with Crippen LogP contribution in [0.25, 0.3) is 0 Å². The van der Waals surface area contributed by atoms with Crippen LogP contribution in [0.5, 0.6) is 0 Å². The van der Waals surface area contributed by atoms with Gasteiger partial charge in [0, 0.05) is 25.8 Å². The lowest BCUT2D eigenvalue weighted by Gasteiger charge is -2.39. The summed E-state index contributed by atoms with van der Waals surface area (Å²) in [7, 11) is 0. The Bertz CT molecular complexity index is 888. The first-order chi connectivity index (χ1) is 12.6. The largest absolute Gasteiger partial charge is 0.370 e. The number of nitriles is 1. The zero-order chi connectivity index (χ0) is 18.1. The third-order valence-electron chi connectivity index (χ3n) is 5.74. The number of nitrogens with zero attached hydrogens (tertiary/aromatic N) is 3. The Morgan fingerprint density at radius 1 is 1.15 bits per heavy atom. The van der Waals surface area contributed by atoms with Crippen molar-refractivity contribution < 1.29 is 0 Å². The Kier molecular flexibility index (Phi) is 4.50. The Morgan fingerprint density at radius 2 is 1.85 bits per heavy atom. The second kappa shape index (κ2) is 6.81. The number of piperidine rings is 1. The summed E-state index contributed by atoms with van der Waals surface area (Å²) >= 11 is 6.42. The van der Waals surface area contributed by atoms with Gasteiger partial charge in [0.15, 0.2) is 0 Å². The first-order valence-corrected chi connectivity index (χ1v) is 9.61. The van der Waals surface area contributed by atoms with Crippen molar-refractivity contribution in [2.75, 3.05) is 18.0 Å². The van der Waals surface area contributed by atoms with E-state index >= 15 is 0 Å². The maximum Gasteiger partial charge on any atom is 0.271 e. The maximum atomic E-state index is 12.6. The lowest BCUT2D eigenvalue weighted by molar-refractivity contribution is 0.415. The molecule has 1 saturated carbocycles. The molecule has 0 bridgehead atoms. The number of benzene rings is 1. The lowest BCUT2D eigenvalue weighted by atomic mass is 9.74. The molecule has 4 rings (SSSR count). The van der Waals surface area contributed by atoms with Gasteiger partial charge in [0.2, 0.25) is 0 Å². The van der Waals surface area contributed by atoms with Crippen molar-refractivity contribution in [2.45, 2.75) is 37.6 Å². The fourth-order valence-corrected chi connectivity index (χ4v) is 4.15. The van der Waals surface area contributed by atoms with E-state index < -0.39 is 5.41 Å². The van der Waals surface area contributed by atoms with Crippen molar-refractivity contribution in [1.29, 1.82) is 5.26 Å². The molecule has 0 radical (unpaired) electrons. The molecule has 0 N–H and O–H groups in total. The van der Waals surface area contributed by atoms with Gasteiger partial charge >= 0.3 is 0 Å². The molecule has 0 amide bonds. The van der Waals surface area contributed by atoms with Gasteiger partial charge in [-0.15, -0.1) is 0 Å². The van der Waals surface area contributed by atoms with Crippen molar-refractivity contribution >= 4 is 17.3 Å². The highest BCUT2D eigenvalue weighted by Crippen LogP contribution is 2.37. The Labute approximate surface area is 158 Å². The maximum absolute atomic E-state index is 12.6. The average Bonchev–Trinajstić information content (AvgIpc) is 3.51. The SMILES string of the molecule is N#CC1(c2ccccc2)CCN(c2ccn(CC3CC3)c(=O)c2Cl)CC1. The molecular formula is C21H22ClN3O. The van der Waals surface area contributed by atoms with Crippen LogP contribution in [0, 0.1) is 17.2 Å². The number of pyridine rings is 1. The normalized spacial score (nSPS) is 19.2. The van der Waals surface area contributed by atoms with E-state index in [2.05, 4.69) is 11.0 Å². The minimum Gasteiger partial charge on any atom is -0.370 e. The summed E-state index contributed by atoms with van der Waals surface area (Å²) in [6.07, 6.45) is 5.73. The molecule has 2 aromatic rings. The summed E-state index contributed by atoms with van der Waals surface area (Å²) in [6, 6.07) is 14.5. The summed E-state index contributed by atoms with van der Waals surface area (Å²) in [5.41, 5.74) is 1.32. The molecule has 2 heterocycles. The Hall–Kier alpha value is -2.25. The van der Waals surface area contributed by atoms with Gasteiger partial charge in [-0.25, -0.2) is 0 Å². The zero-order valence-electron chi connectivity index (χ0n) is 14.7. The van der Waals surface area contributed by atoms with Crippen LogP contribution in [0.4, 0.5) is 5.69 Å². The van der Waals surface area contributed by atoms with E-state index in [9.17, 15) is 10.1 Å². The molecule has 26 heavy (non-hydrogen) atoms. The van der Waals surface area contributed by atoms with Gasteiger partial charge in [0.05, 0.1) is 17.2 Å². The van der Waals surface area contributed by atoms with Crippen LogP contribution in [0.1, 0.15) is 31.2 Å². The molecule has 5 heteroatoms. The van der Waals surface area contributed by atoms with Gasteiger partial charge in [0.25, 0.3) is 5.56 Å². The van der Waals surface area contributed by atoms with Crippen molar-refractivity contribution in [3.63, 3.8) is 0 Å². The van der Waals surface area contributed by atoms with Gasteiger partial charge in [-0.3, -0.25) is 4.79 Å². The highest BCUT2D eigenvalue weighted by atomic mass is 35.5. The molecule has 4 nitrogen and oxygen atoms in total. The molecule has 1 aromatic heterocycles. The van der Waals surface area contributed by atoms with Crippen LogP contribution in [-0.4, -0.2) is 17.7 Å². The predicted octanol–water partition coefficient (Wildman–Crippen LogP) is 3.97. The molecule has 2 fully saturated rings. The van der Waals surface area contributed by atoms with Crippen LogP contribution in [-0.2, 0) is 12.0 Å². The third kappa shape index (κ3) is 3.12. The number of hydrogen-bond acceptors (Lipinski definition) is 3. The summed E-state index contributed by atoms with van der Waals surface area (Å²) in [4.78, 5) is 14.7. The summed E-state index contributed by atoms with van der Waals surface area (Å²) < 4.78 is 1.73. The fourth-order valence-electron chi connectivity index (χ4n) is 3.86. The van der Waals surface area contributed by atoms with Crippen LogP contribution in [0.3, 0.4) is 0 Å².